The summed E-state index contributed by atoms with van der Waals surface area (Å²) < 4.78 is 0. The lowest BCUT2D eigenvalue weighted by Gasteiger charge is -2.33. The van der Waals surface area contributed by atoms with Gasteiger partial charge in [0.05, 0.1) is 17.9 Å². The zero-order chi connectivity index (χ0) is 17.4. The topological polar surface area (TPSA) is 91.6 Å². The number of anilines is 3. The molecule has 128 valence electrons. The normalized spacial score (nSPS) is 16.8. The molecule has 0 saturated heterocycles. The zero-order valence-electron chi connectivity index (χ0n) is 13.7. The molecule has 2 aliphatic heterocycles. The van der Waals surface area contributed by atoms with Gasteiger partial charge in [-0.1, -0.05) is 12.1 Å². The van der Waals surface area contributed by atoms with Crippen molar-refractivity contribution < 1.29 is 9.59 Å². The lowest BCUT2D eigenvalue weighted by Crippen LogP contribution is -2.47. The Morgan fingerprint density at radius 2 is 2.08 bits per heavy atom. The molecule has 0 radical (unpaired) electrons. The summed E-state index contributed by atoms with van der Waals surface area (Å²) in [6, 6.07) is 9.14. The van der Waals surface area contributed by atoms with Crippen LogP contribution in [0.1, 0.15) is 11.3 Å². The maximum absolute atomic E-state index is 12.8. The first-order valence-electron chi connectivity index (χ1n) is 8.25. The van der Waals surface area contributed by atoms with E-state index < -0.39 is 0 Å². The first kappa shape index (κ1) is 15.6. The minimum Gasteiger partial charge on any atom is -0.398 e. The standard InChI is InChI=1S/C18H19N5O2/c19-13-5-7-20-14-6-8-22(9-12(13)14)11-18(25)23-10-17(24)21-15-3-1-2-4-16(15)23/h1-5,7H,6,8-11H2,(H2,19,20)(H,21,24). The lowest BCUT2D eigenvalue weighted by atomic mass is 10.0. The van der Waals surface area contributed by atoms with E-state index in [1.165, 1.54) is 0 Å². The molecule has 1 aromatic carbocycles. The van der Waals surface area contributed by atoms with Gasteiger partial charge in [0.1, 0.15) is 6.54 Å². The number of carbonyl (C=O) groups is 2. The number of pyridine rings is 1. The smallest absolute Gasteiger partial charge is 0.244 e. The molecule has 0 fully saturated rings. The highest BCUT2D eigenvalue weighted by molar-refractivity contribution is 6.10. The number of nitrogens with zero attached hydrogens (tertiary/aromatic N) is 3. The number of rotatable bonds is 2. The number of carbonyl (C=O) groups excluding carboxylic acids is 2. The molecular formula is C18H19N5O2. The van der Waals surface area contributed by atoms with Gasteiger partial charge in [0.15, 0.2) is 0 Å². The number of nitrogens with two attached hydrogens (primary N) is 1. The van der Waals surface area contributed by atoms with Crippen LogP contribution in [0, 0.1) is 0 Å². The summed E-state index contributed by atoms with van der Waals surface area (Å²) in [5.74, 6) is -0.266. The summed E-state index contributed by atoms with van der Waals surface area (Å²) in [6.45, 7) is 1.64. The molecule has 3 N–H and O–H groups in total. The van der Waals surface area contributed by atoms with Gasteiger partial charge in [-0.15, -0.1) is 0 Å². The highest BCUT2D eigenvalue weighted by atomic mass is 16.2. The number of nitrogens with one attached hydrogen (secondary N) is 1. The molecular weight excluding hydrogens is 318 g/mol. The van der Waals surface area contributed by atoms with Gasteiger partial charge in [-0.3, -0.25) is 24.4 Å². The third-order valence-corrected chi connectivity index (χ3v) is 4.66. The Labute approximate surface area is 145 Å². The van der Waals surface area contributed by atoms with Crippen LogP contribution in [-0.2, 0) is 22.6 Å². The number of nitrogen functional groups attached to an aromatic ring is 1. The van der Waals surface area contributed by atoms with Gasteiger partial charge < -0.3 is 11.1 Å². The Hall–Kier alpha value is -2.93. The van der Waals surface area contributed by atoms with Crippen molar-refractivity contribution in [2.24, 2.45) is 0 Å². The van der Waals surface area contributed by atoms with Gasteiger partial charge in [0.2, 0.25) is 11.8 Å². The van der Waals surface area contributed by atoms with E-state index in [2.05, 4.69) is 15.2 Å². The van der Waals surface area contributed by atoms with Crippen molar-refractivity contribution in [2.75, 3.05) is 35.6 Å². The molecule has 3 heterocycles. The van der Waals surface area contributed by atoms with Crippen LogP contribution >= 0.6 is 0 Å². The Morgan fingerprint density at radius 1 is 1.24 bits per heavy atom. The first-order valence-corrected chi connectivity index (χ1v) is 8.25. The molecule has 7 heteroatoms. The molecule has 25 heavy (non-hydrogen) atoms. The molecule has 7 nitrogen and oxygen atoms in total. The minimum atomic E-state index is -0.176. The number of amides is 2. The van der Waals surface area contributed by atoms with Crippen molar-refractivity contribution >= 4 is 28.9 Å². The van der Waals surface area contributed by atoms with Crippen LogP contribution < -0.4 is 16.0 Å². The molecule has 0 saturated carbocycles. The Morgan fingerprint density at radius 3 is 2.96 bits per heavy atom. The van der Waals surface area contributed by atoms with E-state index in [1.54, 1.807) is 23.2 Å². The summed E-state index contributed by atoms with van der Waals surface area (Å²) in [4.78, 5) is 32.7. The van der Waals surface area contributed by atoms with Gasteiger partial charge in [-0.25, -0.2) is 0 Å². The Balaban J connectivity index is 1.52. The largest absolute Gasteiger partial charge is 0.398 e. The van der Waals surface area contributed by atoms with Crippen molar-refractivity contribution in [3.05, 3.63) is 47.8 Å². The van der Waals surface area contributed by atoms with Crippen LogP contribution in [0.3, 0.4) is 0 Å². The van der Waals surface area contributed by atoms with E-state index in [4.69, 9.17) is 5.73 Å². The van der Waals surface area contributed by atoms with E-state index in [-0.39, 0.29) is 24.9 Å². The van der Waals surface area contributed by atoms with Gasteiger partial charge >= 0.3 is 0 Å². The molecule has 0 bridgehead atoms. The van der Waals surface area contributed by atoms with Crippen molar-refractivity contribution in [2.45, 2.75) is 13.0 Å². The van der Waals surface area contributed by atoms with E-state index >= 15 is 0 Å². The van der Waals surface area contributed by atoms with Crippen LogP contribution in [0.25, 0.3) is 0 Å². The molecule has 2 aliphatic rings. The van der Waals surface area contributed by atoms with E-state index in [0.29, 0.717) is 17.9 Å². The molecule has 0 spiro atoms. The maximum Gasteiger partial charge on any atom is 0.244 e. The lowest BCUT2D eigenvalue weighted by molar-refractivity contribution is -0.122. The number of hydrogen-bond donors (Lipinski definition) is 2. The van der Waals surface area contributed by atoms with Crippen molar-refractivity contribution in [3.8, 4) is 0 Å². The van der Waals surface area contributed by atoms with Crippen LogP contribution in [0.2, 0.25) is 0 Å². The van der Waals surface area contributed by atoms with Gasteiger partial charge in [-0.05, 0) is 18.2 Å². The average molecular weight is 337 g/mol. The van der Waals surface area contributed by atoms with Crippen LogP contribution in [0.5, 0.6) is 0 Å². The number of para-hydroxylation sites is 2. The number of benzene rings is 1. The number of hydrogen-bond acceptors (Lipinski definition) is 5. The van der Waals surface area contributed by atoms with E-state index in [1.807, 2.05) is 18.2 Å². The summed E-state index contributed by atoms with van der Waals surface area (Å²) in [5, 5.41) is 2.80. The Bertz CT molecular complexity index is 851. The number of aromatic nitrogens is 1. The average Bonchev–Trinajstić information content (AvgIpc) is 2.61. The third-order valence-electron chi connectivity index (χ3n) is 4.66. The monoisotopic (exact) mass is 337 g/mol. The van der Waals surface area contributed by atoms with E-state index in [0.717, 1.165) is 29.9 Å². The van der Waals surface area contributed by atoms with Gasteiger partial charge in [0, 0.05) is 42.7 Å². The Kier molecular flexibility index (Phi) is 3.85. The third kappa shape index (κ3) is 2.94. The molecule has 2 aromatic rings. The summed E-state index contributed by atoms with van der Waals surface area (Å²) in [7, 11) is 0. The molecule has 0 aliphatic carbocycles. The van der Waals surface area contributed by atoms with Crippen molar-refractivity contribution in [3.63, 3.8) is 0 Å². The van der Waals surface area contributed by atoms with Gasteiger partial charge in [-0.2, -0.15) is 0 Å². The molecule has 4 rings (SSSR count). The second kappa shape index (κ2) is 6.18. The second-order valence-corrected chi connectivity index (χ2v) is 6.33. The summed E-state index contributed by atoms with van der Waals surface area (Å²) in [5.41, 5.74) is 10.2. The molecule has 0 unspecified atom stereocenters. The predicted molar refractivity (Wildman–Crippen MR) is 95.1 cm³/mol. The highest BCUT2D eigenvalue weighted by Gasteiger charge is 2.29. The van der Waals surface area contributed by atoms with Gasteiger partial charge in [0.25, 0.3) is 0 Å². The highest BCUT2D eigenvalue weighted by Crippen LogP contribution is 2.29. The van der Waals surface area contributed by atoms with Crippen LogP contribution in [-0.4, -0.2) is 41.3 Å². The van der Waals surface area contributed by atoms with Crippen LogP contribution in [0.4, 0.5) is 17.1 Å². The summed E-state index contributed by atoms with van der Waals surface area (Å²) >= 11 is 0. The molecule has 1 aromatic heterocycles. The molecule has 0 atom stereocenters. The SMILES string of the molecule is Nc1ccnc2c1CN(CC(=O)N1CC(=O)Nc3ccccc31)CC2. The fraction of sp³-hybridized carbons (Fsp3) is 0.278. The van der Waals surface area contributed by atoms with Crippen molar-refractivity contribution in [1.82, 2.24) is 9.88 Å². The first-order chi connectivity index (χ1) is 12.1. The quantitative estimate of drug-likeness (QED) is 0.853. The van der Waals surface area contributed by atoms with Crippen molar-refractivity contribution in [1.29, 1.82) is 0 Å². The molecule has 2 amide bonds. The fourth-order valence-corrected chi connectivity index (χ4v) is 3.38. The van der Waals surface area contributed by atoms with Crippen LogP contribution in [0.15, 0.2) is 36.5 Å². The summed E-state index contributed by atoms with van der Waals surface area (Å²) in [6.07, 6.45) is 2.49. The maximum atomic E-state index is 12.8. The van der Waals surface area contributed by atoms with E-state index in [9.17, 15) is 9.59 Å². The zero-order valence-corrected chi connectivity index (χ0v) is 13.7. The predicted octanol–water partition coefficient (Wildman–Crippen LogP) is 1.01. The number of fused-ring (bicyclic) bond motifs is 2. The second-order valence-electron chi connectivity index (χ2n) is 6.33. The fourth-order valence-electron chi connectivity index (χ4n) is 3.38. The minimum absolute atomic E-state index is 0.0456.